The van der Waals surface area contributed by atoms with Gasteiger partial charge in [-0.2, -0.15) is 0 Å². The van der Waals surface area contributed by atoms with Crippen molar-refractivity contribution in [3.63, 3.8) is 0 Å². The number of nitrogens with one attached hydrogen (secondary N) is 1. The second-order valence-corrected chi connectivity index (χ2v) is 7.02. The number of phenols is 1. The van der Waals surface area contributed by atoms with Gasteiger partial charge in [-0.3, -0.25) is 0 Å². The van der Waals surface area contributed by atoms with E-state index < -0.39 is 0 Å². The lowest BCUT2D eigenvalue weighted by atomic mass is 9.90. The first-order chi connectivity index (χ1) is 12.3. The van der Waals surface area contributed by atoms with Crippen LogP contribution in [-0.4, -0.2) is 21.7 Å². The molecule has 0 saturated heterocycles. The number of imidazole rings is 1. The molecule has 4 nitrogen and oxygen atoms in total. The van der Waals surface area contributed by atoms with Crippen LogP contribution in [0.2, 0.25) is 0 Å². The van der Waals surface area contributed by atoms with Gasteiger partial charge in [0.05, 0.1) is 17.6 Å². The van der Waals surface area contributed by atoms with Gasteiger partial charge in [0.1, 0.15) is 17.3 Å². The molecule has 0 atom stereocenters. The largest absolute Gasteiger partial charge is 0.508 e. The van der Waals surface area contributed by atoms with E-state index in [9.17, 15) is 5.11 Å². The van der Waals surface area contributed by atoms with E-state index in [2.05, 4.69) is 9.97 Å². The molecule has 4 rings (SSSR count). The first-order valence-corrected chi connectivity index (χ1v) is 9.15. The summed E-state index contributed by atoms with van der Waals surface area (Å²) in [4.78, 5) is 8.03. The van der Waals surface area contributed by atoms with Gasteiger partial charge in [-0.25, -0.2) is 4.98 Å². The monoisotopic (exact) mass is 336 g/mol. The minimum atomic E-state index is 0.285. The van der Waals surface area contributed by atoms with E-state index in [-0.39, 0.29) is 5.75 Å². The SMILES string of the molecule is Oc1ccc(Cc2nc3ccc(OCC4CCCCC4)cc3[nH]2)cc1. The zero-order chi connectivity index (χ0) is 17.1. The van der Waals surface area contributed by atoms with Crippen molar-refractivity contribution < 1.29 is 9.84 Å². The fourth-order valence-electron chi connectivity index (χ4n) is 3.59. The maximum atomic E-state index is 9.37. The summed E-state index contributed by atoms with van der Waals surface area (Å²) in [6.07, 6.45) is 7.36. The summed E-state index contributed by atoms with van der Waals surface area (Å²) in [6.45, 7) is 0.819. The van der Waals surface area contributed by atoms with E-state index in [0.717, 1.165) is 34.8 Å². The Morgan fingerprint density at radius 3 is 2.64 bits per heavy atom. The average Bonchev–Trinajstić information content (AvgIpc) is 3.04. The molecule has 3 aromatic rings. The zero-order valence-electron chi connectivity index (χ0n) is 14.4. The van der Waals surface area contributed by atoms with Crippen LogP contribution in [0.1, 0.15) is 43.5 Å². The molecule has 1 fully saturated rings. The van der Waals surface area contributed by atoms with Crippen LogP contribution in [0.3, 0.4) is 0 Å². The Kier molecular flexibility index (Phi) is 4.59. The van der Waals surface area contributed by atoms with Crippen LogP contribution in [0.4, 0.5) is 0 Å². The lowest BCUT2D eigenvalue weighted by Crippen LogP contribution is -2.15. The normalized spacial score (nSPS) is 15.5. The van der Waals surface area contributed by atoms with Gasteiger partial charge in [0.25, 0.3) is 0 Å². The third-order valence-corrected chi connectivity index (χ3v) is 5.02. The molecule has 0 radical (unpaired) electrons. The Balaban J connectivity index is 1.44. The molecule has 0 aliphatic heterocycles. The molecular weight excluding hydrogens is 312 g/mol. The van der Waals surface area contributed by atoms with Crippen molar-refractivity contribution in [2.45, 2.75) is 38.5 Å². The molecule has 0 spiro atoms. The Morgan fingerprint density at radius 1 is 1.04 bits per heavy atom. The molecule has 1 aliphatic rings. The van der Waals surface area contributed by atoms with E-state index in [1.54, 1.807) is 12.1 Å². The fourth-order valence-corrected chi connectivity index (χ4v) is 3.59. The lowest BCUT2D eigenvalue weighted by Gasteiger charge is -2.21. The molecular formula is C21H24N2O2. The molecule has 0 bridgehead atoms. The number of aromatic amines is 1. The molecule has 2 aromatic carbocycles. The predicted octanol–water partition coefficient (Wildman–Crippen LogP) is 4.82. The molecule has 0 unspecified atom stereocenters. The number of hydrogen-bond acceptors (Lipinski definition) is 3. The van der Waals surface area contributed by atoms with Crippen molar-refractivity contribution in [1.82, 2.24) is 9.97 Å². The number of fused-ring (bicyclic) bond motifs is 1. The summed E-state index contributed by atoms with van der Waals surface area (Å²) in [5.41, 5.74) is 3.08. The van der Waals surface area contributed by atoms with E-state index in [4.69, 9.17) is 4.74 Å². The summed E-state index contributed by atoms with van der Waals surface area (Å²) in [5.74, 6) is 2.83. The number of hydrogen-bond donors (Lipinski definition) is 2. The van der Waals surface area contributed by atoms with Crippen LogP contribution < -0.4 is 4.74 Å². The number of nitrogens with zero attached hydrogens (tertiary/aromatic N) is 1. The molecule has 2 N–H and O–H groups in total. The van der Waals surface area contributed by atoms with Gasteiger partial charge >= 0.3 is 0 Å². The Hall–Kier alpha value is -2.49. The topological polar surface area (TPSA) is 58.1 Å². The fraction of sp³-hybridized carbons (Fsp3) is 0.381. The second-order valence-electron chi connectivity index (χ2n) is 7.02. The number of rotatable bonds is 5. The van der Waals surface area contributed by atoms with Crippen molar-refractivity contribution in [3.05, 3.63) is 53.9 Å². The summed E-state index contributed by atoms with van der Waals surface area (Å²) in [6, 6.07) is 13.3. The standard InChI is InChI=1S/C21H24N2O2/c24-17-8-6-15(7-9-17)12-21-22-19-11-10-18(13-20(19)23-21)25-14-16-4-2-1-3-5-16/h6-11,13,16,24H,1-5,12,14H2,(H,22,23). The van der Waals surface area contributed by atoms with E-state index in [0.29, 0.717) is 12.3 Å². The maximum absolute atomic E-state index is 9.37. The Bertz CT molecular complexity index is 833. The van der Waals surface area contributed by atoms with Gasteiger partial charge in [-0.05, 0) is 48.6 Å². The van der Waals surface area contributed by atoms with Crippen LogP contribution in [0.15, 0.2) is 42.5 Å². The minimum absolute atomic E-state index is 0.285. The smallest absolute Gasteiger partial charge is 0.121 e. The molecule has 1 aromatic heterocycles. The highest BCUT2D eigenvalue weighted by molar-refractivity contribution is 5.76. The quantitative estimate of drug-likeness (QED) is 0.702. The number of benzene rings is 2. The van der Waals surface area contributed by atoms with Crippen LogP contribution in [-0.2, 0) is 6.42 Å². The van der Waals surface area contributed by atoms with Crippen molar-refractivity contribution in [3.8, 4) is 11.5 Å². The molecule has 1 heterocycles. The molecule has 130 valence electrons. The first-order valence-electron chi connectivity index (χ1n) is 9.15. The number of H-pyrrole nitrogens is 1. The number of phenolic OH excluding ortho intramolecular Hbond substituents is 1. The third kappa shape index (κ3) is 3.95. The highest BCUT2D eigenvalue weighted by Crippen LogP contribution is 2.26. The highest BCUT2D eigenvalue weighted by Gasteiger charge is 2.14. The van der Waals surface area contributed by atoms with Crippen molar-refractivity contribution >= 4 is 11.0 Å². The van der Waals surface area contributed by atoms with Gasteiger partial charge < -0.3 is 14.8 Å². The van der Waals surface area contributed by atoms with Gasteiger partial charge in [0, 0.05) is 12.5 Å². The molecule has 25 heavy (non-hydrogen) atoms. The van der Waals surface area contributed by atoms with Crippen LogP contribution in [0.5, 0.6) is 11.5 Å². The summed E-state index contributed by atoms with van der Waals surface area (Å²) in [5, 5.41) is 9.37. The van der Waals surface area contributed by atoms with Crippen molar-refractivity contribution in [2.24, 2.45) is 5.92 Å². The predicted molar refractivity (Wildman–Crippen MR) is 99.1 cm³/mol. The summed E-state index contributed by atoms with van der Waals surface area (Å²) in [7, 11) is 0. The maximum Gasteiger partial charge on any atom is 0.121 e. The van der Waals surface area contributed by atoms with Crippen molar-refractivity contribution in [2.75, 3.05) is 6.61 Å². The van der Waals surface area contributed by atoms with Gasteiger partial charge in [-0.1, -0.05) is 31.4 Å². The zero-order valence-corrected chi connectivity index (χ0v) is 14.4. The Morgan fingerprint density at radius 2 is 1.84 bits per heavy atom. The van der Waals surface area contributed by atoms with Gasteiger partial charge in [0.2, 0.25) is 0 Å². The minimum Gasteiger partial charge on any atom is -0.508 e. The number of aromatic hydroxyl groups is 1. The highest BCUT2D eigenvalue weighted by atomic mass is 16.5. The Labute approximate surface area is 147 Å². The van der Waals surface area contributed by atoms with Crippen LogP contribution in [0.25, 0.3) is 11.0 Å². The van der Waals surface area contributed by atoms with Crippen LogP contribution in [0, 0.1) is 5.92 Å². The van der Waals surface area contributed by atoms with E-state index >= 15 is 0 Å². The summed E-state index contributed by atoms with van der Waals surface area (Å²) >= 11 is 0. The van der Waals surface area contributed by atoms with Gasteiger partial charge in [0.15, 0.2) is 0 Å². The van der Waals surface area contributed by atoms with Crippen LogP contribution >= 0.6 is 0 Å². The van der Waals surface area contributed by atoms with Gasteiger partial charge in [-0.15, -0.1) is 0 Å². The summed E-state index contributed by atoms with van der Waals surface area (Å²) < 4.78 is 6.02. The first kappa shape index (κ1) is 16.0. The third-order valence-electron chi connectivity index (χ3n) is 5.02. The molecule has 4 heteroatoms. The van der Waals surface area contributed by atoms with Crippen molar-refractivity contribution in [1.29, 1.82) is 0 Å². The van der Waals surface area contributed by atoms with E-state index in [1.807, 2.05) is 30.3 Å². The lowest BCUT2D eigenvalue weighted by molar-refractivity contribution is 0.209. The second kappa shape index (κ2) is 7.18. The van der Waals surface area contributed by atoms with E-state index in [1.165, 1.54) is 32.1 Å². The molecule has 1 saturated carbocycles. The molecule has 0 amide bonds. The average molecular weight is 336 g/mol. The number of aromatic nitrogens is 2. The number of ether oxygens (including phenoxy) is 1. The molecule has 1 aliphatic carbocycles.